The molecule has 0 spiro atoms. The molecule has 1 aliphatic rings. The fourth-order valence-electron chi connectivity index (χ4n) is 3.12. The summed E-state index contributed by atoms with van der Waals surface area (Å²) in [5.41, 5.74) is 2.71. The first kappa shape index (κ1) is 15.2. The highest BCUT2D eigenvalue weighted by Gasteiger charge is 2.32. The standard InChI is InChI=1S/C16H23BrClN/c1-10-7-12(17)15(8-13(10)18)19-14-5-6-16(3,4)9-11(14)2/h7-8,11,14,19H,5-6,9H2,1-4H3. The van der Waals surface area contributed by atoms with Crippen LogP contribution in [-0.4, -0.2) is 6.04 Å². The summed E-state index contributed by atoms with van der Waals surface area (Å²) < 4.78 is 1.10. The van der Waals surface area contributed by atoms with E-state index in [-0.39, 0.29) is 0 Å². The van der Waals surface area contributed by atoms with Crippen molar-refractivity contribution < 1.29 is 0 Å². The highest BCUT2D eigenvalue weighted by Crippen LogP contribution is 2.40. The zero-order valence-corrected chi connectivity index (χ0v) is 14.5. The molecule has 0 aromatic heterocycles. The Morgan fingerprint density at radius 2 is 2.05 bits per heavy atom. The number of rotatable bonds is 2. The van der Waals surface area contributed by atoms with Gasteiger partial charge in [-0.3, -0.25) is 0 Å². The molecule has 3 heteroatoms. The van der Waals surface area contributed by atoms with E-state index in [1.165, 1.54) is 19.3 Å². The predicted molar refractivity (Wildman–Crippen MR) is 88.1 cm³/mol. The first-order valence-corrected chi connectivity index (χ1v) is 8.18. The van der Waals surface area contributed by atoms with E-state index < -0.39 is 0 Å². The molecule has 1 fully saturated rings. The lowest BCUT2D eigenvalue weighted by Gasteiger charge is -2.40. The predicted octanol–water partition coefficient (Wildman–Crippen LogP) is 6.04. The zero-order chi connectivity index (χ0) is 14.2. The molecule has 0 bridgehead atoms. The average molecular weight is 345 g/mol. The molecule has 0 amide bonds. The van der Waals surface area contributed by atoms with Crippen LogP contribution in [0.5, 0.6) is 0 Å². The maximum Gasteiger partial charge on any atom is 0.0502 e. The molecular weight excluding hydrogens is 322 g/mol. The number of nitrogens with one attached hydrogen (secondary N) is 1. The molecule has 0 saturated heterocycles. The normalized spacial score (nSPS) is 26.2. The molecule has 2 rings (SSSR count). The molecule has 1 nitrogen and oxygen atoms in total. The molecule has 19 heavy (non-hydrogen) atoms. The van der Waals surface area contributed by atoms with E-state index in [2.05, 4.69) is 48.1 Å². The van der Waals surface area contributed by atoms with Gasteiger partial charge in [0.15, 0.2) is 0 Å². The maximum absolute atomic E-state index is 6.22. The van der Waals surface area contributed by atoms with E-state index in [0.29, 0.717) is 17.4 Å². The van der Waals surface area contributed by atoms with Crippen LogP contribution in [0.2, 0.25) is 5.02 Å². The van der Waals surface area contributed by atoms with Gasteiger partial charge in [0.25, 0.3) is 0 Å². The third kappa shape index (κ3) is 3.66. The highest BCUT2D eigenvalue weighted by atomic mass is 79.9. The van der Waals surface area contributed by atoms with Crippen molar-refractivity contribution in [1.82, 2.24) is 0 Å². The van der Waals surface area contributed by atoms with Gasteiger partial charge in [0, 0.05) is 15.5 Å². The van der Waals surface area contributed by atoms with Gasteiger partial charge in [-0.15, -0.1) is 0 Å². The Kier molecular flexibility index (Phi) is 4.52. The molecule has 1 aromatic carbocycles. The van der Waals surface area contributed by atoms with Crippen molar-refractivity contribution in [2.24, 2.45) is 11.3 Å². The maximum atomic E-state index is 6.22. The Hall–Kier alpha value is -0.210. The lowest BCUT2D eigenvalue weighted by molar-refractivity contribution is 0.177. The number of hydrogen-bond donors (Lipinski definition) is 1. The summed E-state index contributed by atoms with van der Waals surface area (Å²) in [6, 6.07) is 4.67. The molecule has 0 radical (unpaired) electrons. The number of anilines is 1. The van der Waals surface area contributed by atoms with Gasteiger partial charge in [-0.25, -0.2) is 0 Å². The Bertz CT molecular complexity index is 470. The molecule has 1 saturated carbocycles. The van der Waals surface area contributed by atoms with Gasteiger partial charge in [-0.1, -0.05) is 32.4 Å². The molecule has 2 atom stereocenters. The summed E-state index contributed by atoms with van der Waals surface area (Å²) in [5.74, 6) is 0.690. The topological polar surface area (TPSA) is 12.0 Å². The summed E-state index contributed by atoms with van der Waals surface area (Å²) in [4.78, 5) is 0. The third-order valence-electron chi connectivity index (χ3n) is 4.28. The van der Waals surface area contributed by atoms with Crippen molar-refractivity contribution in [3.05, 3.63) is 27.2 Å². The number of hydrogen-bond acceptors (Lipinski definition) is 1. The first-order valence-electron chi connectivity index (χ1n) is 7.01. The lowest BCUT2D eigenvalue weighted by atomic mass is 9.70. The average Bonchev–Trinajstić information content (AvgIpc) is 2.28. The highest BCUT2D eigenvalue weighted by molar-refractivity contribution is 9.10. The van der Waals surface area contributed by atoms with Crippen LogP contribution in [0, 0.1) is 18.3 Å². The molecule has 2 unspecified atom stereocenters. The van der Waals surface area contributed by atoms with Crippen molar-refractivity contribution in [1.29, 1.82) is 0 Å². The summed E-state index contributed by atoms with van der Waals surface area (Å²) >= 11 is 9.85. The van der Waals surface area contributed by atoms with Crippen molar-refractivity contribution in [2.75, 3.05) is 5.32 Å². The molecule has 1 aromatic rings. The Labute approximate surface area is 130 Å². The van der Waals surface area contributed by atoms with E-state index in [1.807, 2.05) is 13.0 Å². The van der Waals surface area contributed by atoms with Gasteiger partial charge in [0.05, 0.1) is 5.69 Å². The third-order valence-corrected chi connectivity index (χ3v) is 5.35. The lowest BCUT2D eigenvalue weighted by Crippen LogP contribution is -2.36. The largest absolute Gasteiger partial charge is 0.381 e. The van der Waals surface area contributed by atoms with Crippen molar-refractivity contribution >= 4 is 33.2 Å². The second-order valence-corrected chi connectivity index (χ2v) is 7.98. The van der Waals surface area contributed by atoms with Crippen LogP contribution < -0.4 is 5.32 Å². The minimum Gasteiger partial charge on any atom is -0.381 e. The number of halogens is 2. The summed E-state index contributed by atoms with van der Waals surface area (Å²) in [6.45, 7) is 9.13. The van der Waals surface area contributed by atoms with Crippen molar-refractivity contribution in [3.63, 3.8) is 0 Å². The zero-order valence-electron chi connectivity index (χ0n) is 12.2. The Balaban J connectivity index is 2.12. The van der Waals surface area contributed by atoms with E-state index >= 15 is 0 Å². The van der Waals surface area contributed by atoms with Gasteiger partial charge in [0.1, 0.15) is 0 Å². The monoisotopic (exact) mass is 343 g/mol. The van der Waals surface area contributed by atoms with E-state index in [1.54, 1.807) is 0 Å². The van der Waals surface area contributed by atoms with Crippen LogP contribution in [0.1, 0.15) is 45.6 Å². The summed E-state index contributed by atoms with van der Waals surface area (Å²) in [6.07, 6.45) is 3.79. The second-order valence-electron chi connectivity index (χ2n) is 6.72. The Morgan fingerprint density at radius 1 is 1.37 bits per heavy atom. The number of benzene rings is 1. The van der Waals surface area contributed by atoms with Gasteiger partial charge < -0.3 is 5.32 Å². The van der Waals surface area contributed by atoms with Crippen LogP contribution in [0.4, 0.5) is 5.69 Å². The van der Waals surface area contributed by atoms with Gasteiger partial charge >= 0.3 is 0 Å². The molecule has 0 heterocycles. The molecular formula is C16H23BrClN. The fourth-order valence-corrected chi connectivity index (χ4v) is 3.85. The minimum atomic E-state index is 0.486. The van der Waals surface area contributed by atoms with E-state index in [0.717, 1.165) is 20.7 Å². The van der Waals surface area contributed by atoms with Gasteiger partial charge in [-0.05, 0) is 71.1 Å². The molecule has 1 aliphatic carbocycles. The fraction of sp³-hybridized carbons (Fsp3) is 0.625. The van der Waals surface area contributed by atoms with Crippen LogP contribution in [-0.2, 0) is 0 Å². The van der Waals surface area contributed by atoms with Crippen LogP contribution >= 0.6 is 27.5 Å². The first-order chi connectivity index (χ1) is 8.78. The number of aryl methyl sites for hydroxylation is 1. The summed E-state index contributed by atoms with van der Waals surface area (Å²) in [5, 5.41) is 4.50. The molecule has 106 valence electrons. The Morgan fingerprint density at radius 3 is 2.68 bits per heavy atom. The second kappa shape index (κ2) is 5.65. The van der Waals surface area contributed by atoms with E-state index in [4.69, 9.17) is 11.6 Å². The van der Waals surface area contributed by atoms with Crippen LogP contribution in [0.15, 0.2) is 16.6 Å². The van der Waals surface area contributed by atoms with E-state index in [9.17, 15) is 0 Å². The summed E-state index contributed by atoms with van der Waals surface area (Å²) in [7, 11) is 0. The van der Waals surface area contributed by atoms with Crippen LogP contribution in [0.25, 0.3) is 0 Å². The minimum absolute atomic E-state index is 0.486. The van der Waals surface area contributed by atoms with Crippen molar-refractivity contribution in [2.45, 2.75) is 53.0 Å². The molecule has 0 aliphatic heterocycles. The van der Waals surface area contributed by atoms with Crippen LogP contribution in [0.3, 0.4) is 0 Å². The van der Waals surface area contributed by atoms with Gasteiger partial charge in [0.2, 0.25) is 0 Å². The molecule has 1 N–H and O–H groups in total. The SMILES string of the molecule is Cc1cc(Br)c(NC2CCC(C)(C)CC2C)cc1Cl. The smallest absolute Gasteiger partial charge is 0.0502 e. The van der Waals surface area contributed by atoms with Crippen molar-refractivity contribution in [3.8, 4) is 0 Å². The quantitative estimate of drug-likeness (QED) is 0.690. The van der Waals surface area contributed by atoms with Gasteiger partial charge in [-0.2, -0.15) is 0 Å².